The van der Waals surface area contributed by atoms with Crippen LogP contribution in [0, 0.1) is 6.42 Å². The van der Waals surface area contributed by atoms with Crippen molar-refractivity contribution in [3.63, 3.8) is 0 Å². The van der Waals surface area contributed by atoms with Gasteiger partial charge in [-0.15, -0.1) is 5.73 Å². The van der Waals surface area contributed by atoms with Crippen LogP contribution >= 0.6 is 11.6 Å². The fourth-order valence-electron chi connectivity index (χ4n) is 1.58. The molecule has 6 nitrogen and oxygen atoms in total. The van der Waals surface area contributed by atoms with E-state index in [0.717, 1.165) is 9.60 Å². The van der Waals surface area contributed by atoms with E-state index in [1.807, 2.05) is 0 Å². The molecule has 1 aliphatic carbocycles. The van der Waals surface area contributed by atoms with E-state index in [1.165, 1.54) is 17.9 Å². The Balaban J connectivity index is 0.000000236. The maximum absolute atomic E-state index is 11.4. The quantitative estimate of drug-likeness (QED) is 0.403. The molecule has 0 aromatic carbocycles. The van der Waals surface area contributed by atoms with E-state index in [0.29, 0.717) is 5.82 Å². The first-order valence-electron chi connectivity index (χ1n) is 5.67. The summed E-state index contributed by atoms with van der Waals surface area (Å²) in [7, 11) is 2.97. The minimum Gasteiger partial charge on any atom is -0.858 e. The minimum absolute atomic E-state index is 0. The smallest absolute Gasteiger partial charge is 0.858 e. The van der Waals surface area contributed by atoms with Crippen molar-refractivity contribution in [3.8, 4) is 17.4 Å². The number of rotatable bonds is 0. The average molecular weight is 491 g/mol. The second kappa shape index (κ2) is 7.59. The van der Waals surface area contributed by atoms with Crippen molar-refractivity contribution in [3.05, 3.63) is 52.2 Å². The largest absolute Gasteiger partial charge is 1.00 e. The molecule has 2 radical (unpaired) electrons. The second-order valence-electron chi connectivity index (χ2n) is 3.97. The Labute approximate surface area is 146 Å². The first-order chi connectivity index (χ1) is 9.52. The van der Waals surface area contributed by atoms with Crippen molar-refractivity contribution in [2.75, 3.05) is 0 Å². The Hall–Kier alpha value is -1.36. The molecule has 0 saturated heterocycles. The first kappa shape index (κ1) is 17.7. The summed E-state index contributed by atoms with van der Waals surface area (Å²) in [6.07, 6.45) is 8.42. The van der Waals surface area contributed by atoms with Crippen LogP contribution in [0.4, 0.5) is 0 Å². The average Bonchev–Trinajstić information content (AvgIpc) is 2.94. The molecule has 0 fully saturated rings. The third-order valence-electron chi connectivity index (χ3n) is 2.65. The molecule has 0 spiro atoms. The topological polar surface area (TPSA) is 75.8 Å². The van der Waals surface area contributed by atoms with Gasteiger partial charge >= 0.3 is 33.4 Å². The Bertz CT molecular complexity index is 756. The third-order valence-corrected chi connectivity index (χ3v) is 2.91. The van der Waals surface area contributed by atoms with Gasteiger partial charge < -0.3 is 9.67 Å². The van der Waals surface area contributed by atoms with E-state index in [2.05, 4.69) is 15.7 Å². The summed E-state index contributed by atoms with van der Waals surface area (Å²) in [5.41, 5.74) is 2.68. The van der Waals surface area contributed by atoms with Gasteiger partial charge in [0.15, 0.2) is 5.82 Å². The molecule has 3 rings (SSSR count). The minimum atomic E-state index is -0.407. The van der Waals surface area contributed by atoms with Gasteiger partial charge in [-0.2, -0.15) is 0 Å². The van der Waals surface area contributed by atoms with Gasteiger partial charge in [-0.05, 0) is 24.1 Å². The van der Waals surface area contributed by atoms with Crippen molar-refractivity contribution in [2.24, 2.45) is 14.1 Å². The number of hydrogen-bond acceptors (Lipinski definition) is 4. The van der Waals surface area contributed by atoms with Crippen LogP contribution in [-0.2, 0) is 41.8 Å². The third kappa shape index (κ3) is 3.84. The first-order valence-corrected chi connectivity index (χ1v) is 6.05. The summed E-state index contributed by atoms with van der Waals surface area (Å²) >= 11 is 5.52. The van der Waals surface area contributed by atoms with E-state index in [1.54, 1.807) is 31.7 Å². The monoisotopic (exact) mass is 492 g/mol. The molecule has 0 N–H and O–H groups in total. The van der Waals surface area contributed by atoms with Crippen molar-refractivity contribution >= 4 is 11.6 Å². The molecule has 104 valence electrons. The summed E-state index contributed by atoms with van der Waals surface area (Å²) in [5.74, 6) is -0.0799. The van der Waals surface area contributed by atoms with Crippen LogP contribution in [0.2, 0.25) is 0 Å². The Morgan fingerprint density at radius 3 is 2.48 bits per heavy atom. The summed E-state index contributed by atoms with van der Waals surface area (Å²) in [4.78, 5) is 19.0. The summed E-state index contributed by atoms with van der Waals surface area (Å²) < 4.78 is 2.31. The molecule has 0 bridgehead atoms. The van der Waals surface area contributed by atoms with Crippen LogP contribution in [0.25, 0.3) is 11.5 Å². The fourth-order valence-corrected chi connectivity index (χ4v) is 1.71. The molecule has 0 amide bonds. The number of fused-ring (bicyclic) bond motifs is 1. The number of nitrogens with zero attached hydrogens (tertiary/aromatic N) is 4. The van der Waals surface area contributed by atoms with Gasteiger partial charge in [-0.25, -0.2) is 14.8 Å². The van der Waals surface area contributed by atoms with Crippen molar-refractivity contribution in [1.82, 2.24) is 19.1 Å². The van der Waals surface area contributed by atoms with Crippen LogP contribution < -0.4 is 10.8 Å². The Kier molecular flexibility index (Phi) is 6.39. The predicted octanol–water partition coefficient (Wildman–Crippen LogP) is 0.728. The van der Waals surface area contributed by atoms with Crippen LogP contribution in [0.5, 0.6) is 5.88 Å². The van der Waals surface area contributed by atoms with Crippen LogP contribution in [0.15, 0.2) is 40.1 Å². The number of imidazole rings is 1. The van der Waals surface area contributed by atoms with E-state index < -0.39 is 11.6 Å². The van der Waals surface area contributed by atoms with Crippen molar-refractivity contribution in [2.45, 2.75) is 0 Å². The zero-order chi connectivity index (χ0) is 14.7. The molecule has 2 heterocycles. The van der Waals surface area contributed by atoms with E-state index >= 15 is 0 Å². The number of halogens is 1. The van der Waals surface area contributed by atoms with Gasteiger partial charge in [-0.1, -0.05) is 11.6 Å². The van der Waals surface area contributed by atoms with Crippen LogP contribution in [0.1, 0.15) is 0 Å². The zero-order valence-corrected chi connectivity index (χ0v) is 17.8. The maximum Gasteiger partial charge on any atom is 1.00 e. The summed E-state index contributed by atoms with van der Waals surface area (Å²) in [6, 6.07) is 0. The van der Waals surface area contributed by atoms with Crippen molar-refractivity contribution < 1.29 is 32.8 Å². The predicted molar refractivity (Wildman–Crippen MR) is 73.2 cm³/mol. The summed E-state index contributed by atoms with van der Waals surface area (Å²) in [5, 5.41) is 12.2. The Morgan fingerprint density at radius 2 is 1.95 bits per heavy atom. The molecular weight excluding hydrogens is 480 g/mol. The normalized spacial score (nSPS) is 12.4. The zero-order valence-electron chi connectivity index (χ0n) is 11.6. The van der Waals surface area contributed by atoms with Gasteiger partial charge in [0.2, 0.25) is 0 Å². The van der Waals surface area contributed by atoms with Gasteiger partial charge in [0.25, 0.3) is 0 Å². The molecule has 21 heavy (non-hydrogen) atoms. The van der Waals surface area contributed by atoms with Gasteiger partial charge in [-0.3, -0.25) is 4.57 Å². The van der Waals surface area contributed by atoms with E-state index in [-0.39, 0.29) is 33.4 Å². The standard InChI is InChI=1S/C7H8N4O2.C6H4Cl.Hg/c1-10-5-4(8-3-9-5)6(12)11(2)7(10)13;7-6-4-2-1-3-5-6;/h3,12H,1-2H3;2-5H;/q;;+1/p-1. The van der Waals surface area contributed by atoms with Gasteiger partial charge in [0.1, 0.15) is 12.0 Å². The number of allylic oxidation sites excluding steroid dienone is 3. The van der Waals surface area contributed by atoms with E-state index in [4.69, 9.17) is 11.6 Å². The maximum atomic E-state index is 11.4. The fraction of sp³-hybridized carbons (Fsp3) is 0.154. The van der Waals surface area contributed by atoms with Gasteiger partial charge in [0.05, 0.1) is 0 Å². The molecule has 0 atom stereocenters. The van der Waals surface area contributed by atoms with Crippen molar-refractivity contribution in [1.29, 1.82) is 0 Å². The SMILES string of the molecule is ClC1=CC=C=C[CH]1.Cn1c2ncnc-2c([O-])n(C)c1=O.[Hg+]. The molecule has 3 aliphatic rings. The Morgan fingerprint density at radius 1 is 1.24 bits per heavy atom. The number of aromatic nitrogens is 4. The van der Waals surface area contributed by atoms with Gasteiger partial charge in [0, 0.05) is 25.5 Å². The molecule has 8 heteroatoms. The second-order valence-corrected chi connectivity index (χ2v) is 4.41. The van der Waals surface area contributed by atoms with E-state index in [9.17, 15) is 9.90 Å². The molecular formula is C13H11ClHgN4O2. The van der Waals surface area contributed by atoms with Crippen LogP contribution in [0.3, 0.4) is 0 Å². The number of hydrogen-bond donors (Lipinski definition) is 0. The molecule has 0 saturated carbocycles. The van der Waals surface area contributed by atoms with Crippen LogP contribution in [-0.4, -0.2) is 19.1 Å². The summed E-state index contributed by atoms with van der Waals surface area (Å²) in [6.45, 7) is 0. The molecule has 0 aromatic rings. The molecule has 0 unspecified atom stereocenters. The molecule has 0 aromatic heterocycles. The molecule has 2 aliphatic heterocycles.